The molecule has 15 heavy (non-hydrogen) atoms. The number of carbonyl (C=O) groups is 2. The molecule has 0 saturated carbocycles. The summed E-state index contributed by atoms with van der Waals surface area (Å²) in [4.78, 5) is 22.2. The summed E-state index contributed by atoms with van der Waals surface area (Å²) >= 11 is 0. The zero-order chi connectivity index (χ0) is 11.8. The van der Waals surface area contributed by atoms with Crippen LogP contribution >= 0.6 is 0 Å². The van der Waals surface area contributed by atoms with E-state index in [4.69, 9.17) is 5.11 Å². The van der Waals surface area contributed by atoms with Crippen LogP contribution in [0.2, 0.25) is 0 Å². The molecule has 4 nitrogen and oxygen atoms in total. The van der Waals surface area contributed by atoms with Gasteiger partial charge in [0.15, 0.2) is 5.76 Å². The Kier molecular flexibility index (Phi) is 6.09. The van der Waals surface area contributed by atoms with Gasteiger partial charge in [-0.15, -0.1) is 0 Å². The Bertz CT molecular complexity index is 300. The molecule has 0 aliphatic heterocycles. The van der Waals surface area contributed by atoms with E-state index >= 15 is 0 Å². The molecule has 0 spiro atoms. The Morgan fingerprint density at radius 1 is 1.33 bits per heavy atom. The summed E-state index contributed by atoms with van der Waals surface area (Å²) in [6, 6.07) is 0. The maximum atomic E-state index is 11.2. The van der Waals surface area contributed by atoms with Crippen molar-refractivity contribution >= 4 is 11.9 Å². The first-order chi connectivity index (χ1) is 7.02. The second-order valence-corrected chi connectivity index (χ2v) is 3.03. The molecule has 84 valence electrons. The predicted octanol–water partition coefficient (Wildman–Crippen LogP) is 2.26. The summed E-state index contributed by atoms with van der Waals surface area (Å²) in [5.41, 5.74) is 0.370. The molecule has 0 unspecified atom stereocenters. The smallest absolute Gasteiger partial charge is 0.380 e. The highest BCUT2D eigenvalue weighted by Crippen LogP contribution is 2.03. The molecule has 0 fully saturated rings. The lowest BCUT2D eigenvalue weighted by Crippen LogP contribution is -2.14. The van der Waals surface area contributed by atoms with Crippen LogP contribution in [0.25, 0.3) is 0 Å². The van der Waals surface area contributed by atoms with Crippen molar-refractivity contribution < 1.29 is 19.4 Å². The number of hydrogen-bond donors (Lipinski definition) is 1. The Balaban J connectivity index is 4.32. The van der Waals surface area contributed by atoms with Crippen LogP contribution in [0.5, 0.6) is 0 Å². The van der Waals surface area contributed by atoms with E-state index in [0.29, 0.717) is 5.57 Å². The third-order valence-electron chi connectivity index (χ3n) is 1.73. The number of ether oxygens (including phenoxy) is 1. The molecule has 0 radical (unpaired) electrons. The van der Waals surface area contributed by atoms with E-state index in [-0.39, 0.29) is 0 Å². The monoisotopic (exact) mass is 212 g/mol. The minimum atomic E-state index is -1.02. The largest absolute Gasteiger partial charge is 0.502 e. The SMILES string of the molecule is CC=C(O)C(=O)OC(=O)C(C)=CCCC. The fourth-order valence-electron chi connectivity index (χ4n) is 0.779. The fourth-order valence-corrected chi connectivity index (χ4v) is 0.779. The average molecular weight is 212 g/mol. The average Bonchev–Trinajstić information content (AvgIpc) is 2.24. The van der Waals surface area contributed by atoms with Gasteiger partial charge in [-0.1, -0.05) is 19.4 Å². The number of allylic oxidation sites excluding steroid dienone is 2. The van der Waals surface area contributed by atoms with Gasteiger partial charge in [-0.2, -0.15) is 0 Å². The highest BCUT2D eigenvalue weighted by atomic mass is 16.6. The summed E-state index contributed by atoms with van der Waals surface area (Å²) in [5, 5.41) is 8.95. The first-order valence-corrected chi connectivity index (χ1v) is 4.81. The molecule has 0 bridgehead atoms. The number of unbranched alkanes of at least 4 members (excludes halogenated alkanes) is 1. The van der Waals surface area contributed by atoms with Crippen molar-refractivity contribution in [2.24, 2.45) is 0 Å². The van der Waals surface area contributed by atoms with Crippen LogP contribution in [0.3, 0.4) is 0 Å². The predicted molar refractivity (Wildman–Crippen MR) is 56.1 cm³/mol. The van der Waals surface area contributed by atoms with Crippen molar-refractivity contribution in [1.82, 2.24) is 0 Å². The number of carbonyl (C=O) groups excluding carboxylic acids is 2. The van der Waals surface area contributed by atoms with E-state index in [9.17, 15) is 9.59 Å². The van der Waals surface area contributed by atoms with Crippen LogP contribution in [0, 0.1) is 0 Å². The number of aliphatic hydroxyl groups is 1. The number of aliphatic hydroxyl groups excluding tert-OH is 1. The van der Waals surface area contributed by atoms with Gasteiger partial charge in [0.25, 0.3) is 0 Å². The lowest BCUT2D eigenvalue weighted by Gasteiger charge is -2.01. The molecular weight excluding hydrogens is 196 g/mol. The van der Waals surface area contributed by atoms with E-state index in [1.807, 2.05) is 6.92 Å². The standard InChI is InChI=1S/C11H16O4/c1-4-6-7-8(3)10(13)15-11(14)9(12)5-2/h5,7,12H,4,6H2,1-3H3. The summed E-state index contributed by atoms with van der Waals surface area (Å²) < 4.78 is 4.40. The highest BCUT2D eigenvalue weighted by Gasteiger charge is 2.14. The molecular formula is C11H16O4. The number of rotatable bonds is 4. The zero-order valence-corrected chi connectivity index (χ0v) is 9.24. The van der Waals surface area contributed by atoms with Gasteiger partial charge in [0.2, 0.25) is 0 Å². The second-order valence-electron chi connectivity index (χ2n) is 3.03. The molecule has 0 aromatic rings. The fraction of sp³-hybridized carbons (Fsp3) is 0.455. The Hall–Kier alpha value is -1.58. The van der Waals surface area contributed by atoms with Crippen LogP contribution in [0.15, 0.2) is 23.5 Å². The lowest BCUT2D eigenvalue weighted by atomic mass is 10.2. The maximum absolute atomic E-state index is 11.2. The third-order valence-corrected chi connectivity index (χ3v) is 1.73. The van der Waals surface area contributed by atoms with E-state index in [1.54, 1.807) is 13.0 Å². The Morgan fingerprint density at radius 2 is 1.93 bits per heavy atom. The van der Waals surface area contributed by atoms with Crippen molar-refractivity contribution in [1.29, 1.82) is 0 Å². The first kappa shape index (κ1) is 13.4. The van der Waals surface area contributed by atoms with Crippen LogP contribution < -0.4 is 0 Å². The van der Waals surface area contributed by atoms with Gasteiger partial charge in [-0.05, 0) is 26.3 Å². The van der Waals surface area contributed by atoms with Gasteiger partial charge < -0.3 is 9.84 Å². The molecule has 0 saturated heterocycles. The molecule has 0 rings (SSSR count). The van der Waals surface area contributed by atoms with Crippen molar-refractivity contribution in [2.45, 2.75) is 33.6 Å². The molecule has 0 aliphatic rings. The normalized spacial score (nSPS) is 12.5. The quantitative estimate of drug-likeness (QED) is 0.336. The van der Waals surface area contributed by atoms with Crippen LogP contribution in [-0.4, -0.2) is 17.0 Å². The minimum absolute atomic E-state index is 0.370. The van der Waals surface area contributed by atoms with Crippen LogP contribution in [0.4, 0.5) is 0 Å². The van der Waals surface area contributed by atoms with Gasteiger partial charge in [-0.25, -0.2) is 9.59 Å². The van der Waals surface area contributed by atoms with Crippen molar-refractivity contribution in [2.75, 3.05) is 0 Å². The van der Waals surface area contributed by atoms with E-state index in [2.05, 4.69) is 4.74 Å². The molecule has 0 amide bonds. The van der Waals surface area contributed by atoms with E-state index in [1.165, 1.54) is 13.0 Å². The Morgan fingerprint density at radius 3 is 2.40 bits per heavy atom. The maximum Gasteiger partial charge on any atom is 0.380 e. The molecule has 0 aromatic carbocycles. The third kappa shape index (κ3) is 5.00. The van der Waals surface area contributed by atoms with Crippen molar-refractivity contribution in [3.63, 3.8) is 0 Å². The molecule has 0 aliphatic carbocycles. The van der Waals surface area contributed by atoms with Gasteiger partial charge in [0.1, 0.15) is 0 Å². The van der Waals surface area contributed by atoms with Crippen molar-refractivity contribution in [3.05, 3.63) is 23.5 Å². The second kappa shape index (κ2) is 6.81. The summed E-state index contributed by atoms with van der Waals surface area (Å²) in [7, 11) is 0. The Labute approximate surface area is 89.2 Å². The van der Waals surface area contributed by atoms with Gasteiger partial charge in [0, 0.05) is 5.57 Å². The molecule has 1 N–H and O–H groups in total. The summed E-state index contributed by atoms with van der Waals surface area (Å²) in [6.45, 7) is 5.02. The summed E-state index contributed by atoms with van der Waals surface area (Å²) in [6.07, 6.45) is 4.53. The van der Waals surface area contributed by atoms with E-state index in [0.717, 1.165) is 12.8 Å². The zero-order valence-electron chi connectivity index (χ0n) is 9.24. The number of hydrogen-bond acceptors (Lipinski definition) is 4. The topological polar surface area (TPSA) is 63.6 Å². The van der Waals surface area contributed by atoms with Crippen LogP contribution in [-0.2, 0) is 14.3 Å². The van der Waals surface area contributed by atoms with Crippen LogP contribution in [0.1, 0.15) is 33.6 Å². The van der Waals surface area contributed by atoms with E-state index < -0.39 is 17.7 Å². The van der Waals surface area contributed by atoms with Gasteiger partial charge in [-0.3, -0.25) is 0 Å². The van der Waals surface area contributed by atoms with Crippen molar-refractivity contribution in [3.8, 4) is 0 Å². The van der Waals surface area contributed by atoms with Gasteiger partial charge in [0.05, 0.1) is 0 Å². The molecule has 0 aromatic heterocycles. The number of esters is 2. The highest BCUT2D eigenvalue weighted by molar-refractivity contribution is 6.00. The minimum Gasteiger partial charge on any atom is -0.502 e. The lowest BCUT2D eigenvalue weighted by molar-refractivity contribution is -0.155. The molecule has 4 heteroatoms. The molecule has 0 heterocycles. The summed E-state index contributed by atoms with van der Waals surface area (Å²) in [5.74, 6) is -2.31. The van der Waals surface area contributed by atoms with Gasteiger partial charge >= 0.3 is 11.9 Å². The first-order valence-electron chi connectivity index (χ1n) is 4.81. The molecule has 0 atom stereocenters.